The summed E-state index contributed by atoms with van der Waals surface area (Å²) in [5.74, 6) is 0. The van der Waals surface area contributed by atoms with Gasteiger partial charge in [-0.25, -0.2) is 13.9 Å². The first-order chi connectivity index (χ1) is 7.84. The molecule has 2 atom stereocenters. The summed E-state index contributed by atoms with van der Waals surface area (Å²) >= 11 is 0. The van der Waals surface area contributed by atoms with E-state index in [0.29, 0.717) is 5.69 Å². The highest BCUT2D eigenvalue weighted by Gasteiger charge is 2.22. The Morgan fingerprint density at radius 2 is 2.06 bits per heavy atom. The maximum Gasteiger partial charge on any atom is 0.158 e. The molecule has 5 nitrogen and oxygen atoms in total. The Balaban J connectivity index is 2.74. The SMILES string of the molecule is C[C@H](N[S@](=O)C(C)(C)C)c1cnc(C#N)cn1. The molecule has 1 N–H and O–H groups in total. The van der Waals surface area contributed by atoms with Gasteiger partial charge in [0.1, 0.15) is 6.07 Å². The van der Waals surface area contributed by atoms with Crippen LogP contribution in [0.4, 0.5) is 0 Å². The predicted octanol–water partition coefficient (Wildman–Crippen LogP) is 1.46. The van der Waals surface area contributed by atoms with Crippen molar-refractivity contribution >= 4 is 11.0 Å². The van der Waals surface area contributed by atoms with Crippen LogP contribution in [0.1, 0.15) is 45.1 Å². The van der Waals surface area contributed by atoms with Gasteiger partial charge in [0.15, 0.2) is 5.69 Å². The first-order valence-corrected chi connectivity index (χ1v) is 6.39. The Morgan fingerprint density at radius 3 is 2.47 bits per heavy atom. The van der Waals surface area contributed by atoms with Gasteiger partial charge in [-0.2, -0.15) is 5.26 Å². The number of aromatic nitrogens is 2. The molecule has 17 heavy (non-hydrogen) atoms. The molecule has 0 saturated heterocycles. The van der Waals surface area contributed by atoms with E-state index < -0.39 is 11.0 Å². The van der Waals surface area contributed by atoms with Gasteiger partial charge in [0.05, 0.1) is 39.9 Å². The molecule has 1 aromatic rings. The number of nitrogens with one attached hydrogen (secondary N) is 1. The first-order valence-electron chi connectivity index (χ1n) is 5.24. The molecule has 0 saturated carbocycles. The van der Waals surface area contributed by atoms with Crippen LogP contribution in [0, 0.1) is 11.3 Å². The lowest BCUT2D eigenvalue weighted by molar-refractivity contribution is 0.610. The molecule has 0 aliphatic heterocycles. The van der Waals surface area contributed by atoms with Gasteiger partial charge in [-0.1, -0.05) is 0 Å². The molecule has 0 radical (unpaired) electrons. The van der Waals surface area contributed by atoms with Crippen LogP contribution in [0.3, 0.4) is 0 Å². The molecule has 1 aromatic heterocycles. The number of rotatable bonds is 3. The van der Waals surface area contributed by atoms with E-state index in [-0.39, 0.29) is 16.5 Å². The Labute approximate surface area is 104 Å². The Kier molecular flexibility index (Phi) is 4.32. The van der Waals surface area contributed by atoms with Gasteiger partial charge in [-0.15, -0.1) is 0 Å². The Bertz CT molecular complexity index is 444. The largest absolute Gasteiger partial charge is 0.255 e. The summed E-state index contributed by atoms with van der Waals surface area (Å²) in [6.07, 6.45) is 2.93. The molecular weight excluding hydrogens is 236 g/mol. The fourth-order valence-corrected chi connectivity index (χ4v) is 1.81. The number of hydrogen-bond acceptors (Lipinski definition) is 4. The molecule has 0 fully saturated rings. The molecule has 0 aliphatic rings. The van der Waals surface area contributed by atoms with Crippen molar-refractivity contribution in [1.29, 1.82) is 5.26 Å². The fraction of sp³-hybridized carbons (Fsp3) is 0.545. The lowest BCUT2D eigenvalue weighted by Crippen LogP contribution is -2.35. The molecule has 0 unspecified atom stereocenters. The second-order valence-corrected chi connectivity index (χ2v) is 6.66. The van der Waals surface area contributed by atoms with Crippen molar-refractivity contribution in [3.63, 3.8) is 0 Å². The monoisotopic (exact) mass is 252 g/mol. The second-order valence-electron chi connectivity index (χ2n) is 4.66. The van der Waals surface area contributed by atoms with Crippen LogP contribution < -0.4 is 4.72 Å². The summed E-state index contributed by atoms with van der Waals surface area (Å²) < 4.78 is 14.5. The summed E-state index contributed by atoms with van der Waals surface area (Å²) in [4.78, 5) is 8.03. The van der Waals surface area contributed by atoms with Crippen molar-refractivity contribution in [2.45, 2.75) is 38.5 Å². The van der Waals surface area contributed by atoms with Crippen molar-refractivity contribution in [2.24, 2.45) is 0 Å². The molecule has 0 amide bonds. The summed E-state index contributed by atoms with van der Waals surface area (Å²) in [6.45, 7) is 7.55. The van der Waals surface area contributed by atoms with E-state index in [1.54, 1.807) is 0 Å². The lowest BCUT2D eigenvalue weighted by atomic mass is 10.2. The van der Waals surface area contributed by atoms with E-state index >= 15 is 0 Å². The third kappa shape index (κ3) is 3.88. The van der Waals surface area contributed by atoms with Crippen molar-refractivity contribution in [3.05, 3.63) is 23.8 Å². The van der Waals surface area contributed by atoms with Crippen LogP contribution in [-0.2, 0) is 11.0 Å². The van der Waals surface area contributed by atoms with Gasteiger partial charge in [-0.05, 0) is 27.7 Å². The van der Waals surface area contributed by atoms with Gasteiger partial charge in [0.25, 0.3) is 0 Å². The van der Waals surface area contributed by atoms with Gasteiger partial charge >= 0.3 is 0 Å². The lowest BCUT2D eigenvalue weighted by Gasteiger charge is -2.21. The zero-order valence-corrected chi connectivity index (χ0v) is 11.2. The molecule has 0 aromatic carbocycles. The molecule has 0 aliphatic carbocycles. The molecule has 0 bridgehead atoms. The van der Waals surface area contributed by atoms with Gasteiger partial charge in [0.2, 0.25) is 0 Å². The van der Waals surface area contributed by atoms with Crippen LogP contribution in [-0.4, -0.2) is 18.9 Å². The Hall–Kier alpha value is -1.32. The van der Waals surface area contributed by atoms with E-state index in [9.17, 15) is 4.21 Å². The Morgan fingerprint density at radius 1 is 1.41 bits per heavy atom. The van der Waals surface area contributed by atoms with Crippen LogP contribution in [0.25, 0.3) is 0 Å². The average molecular weight is 252 g/mol. The van der Waals surface area contributed by atoms with Crippen LogP contribution >= 0.6 is 0 Å². The second kappa shape index (κ2) is 5.34. The summed E-state index contributed by atoms with van der Waals surface area (Å²) in [6, 6.07) is 1.73. The minimum absolute atomic E-state index is 0.171. The van der Waals surface area contributed by atoms with E-state index in [1.165, 1.54) is 12.4 Å². The highest BCUT2D eigenvalue weighted by molar-refractivity contribution is 7.84. The first kappa shape index (κ1) is 13.7. The van der Waals surface area contributed by atoms with Gasteiger partial charge in [-0.3, -0.25) is 4.98 Å². The smallest absolute Gasteiger partial charge is 0.158 e. The molecule has 0 spiro atoms. The van der Waals surface area contributed by atoms with E-state index in [0.717, 1.165) is 0 Å². The molecular formula is C11H16N4OS. The highest BCUT2D eigenvalue weighted by Crippen LogP contribution is 2.14. The summed E-state index contributed by atoms with van der Waals surface area (Å²) in [5.41, 5.74) is 0.944. The average Bonchev–Trinajstić information content (AvgIpc) is 2.27. The van der Waals surface area contributed by atoms with E-state index in [1.807, 2.05) is 33.8 Å². The third-order valence-corrected chi connectivity index (χ3v) is 3.75. The zero-order chi connectivity index (χ0) is 13.1. The molecule has 1 rings (SSSR count). The van der Waals surface area contributed by atoms with Crippen molar-refractivity contribution in [2.75, 3.05) is 0 Å². The van der Waals surface area contributed by atoms with Crippen molar-refractivity contribution < 1.29 is 4.21 Å². The number of hydrogen-bond donors (Lipinski definition) is 1. The highest BCUT2D eigenvalue weighted by atomic mass is 32.2. The minimum Gasteiger partial charge on any atom is -0.255 e. The zero-order valence-electron chi connectivity index (χ0n) is 10.4. The topological polar surface area (TPSA) is 78.7 Å². The van der Waals surface area contributed by atoms with Crippen molar-refractivity contribution in [1.82, 2.24) is 14.7 Å². The fourth-order valence-electron chi connectivity index (χ4n) is 1.02. The quantitative estimate of drug-likeness (QED) is 0.883. The van der Waals surface area contributed by atoms with Crippen LogP contribution in [0.2, 0.25) is 0 Å². The summed E-state index contributed by atoms with van der Waals surface area (Å²) in [5, 5.41) is 8.60. The van der Waals surface area contributed by atoms with Crippen LogP contribution in [0.15, 0.2) is 12.4 Å². The maximum absolute atomic E-state index is 11.9. The molecule has 6 heteroatoms. The predicted molar refractivity (Wildman–Crippen MR) is 66.2 cm³/mol. The number of nitriles is 1. The van der Waals surface area contributed by atoms with Gasteiger partial charge < -0.3 is 0 Å². The normalized spacial score (nSPS) is 15.0. The molecule has 92 valence electrons. The summed E-state index contributed by atoms with van der Waals surface area (Å²) in [7, 11) is -1.16. The molecule has 1 heterocycles. The van der Waals surface area contributed by atoms with Gasteiger partial charge in [0, 0.05) is 0 Å². The minimum atomic E-state index is -1.16. The third-order valence-electron chi connectivity index (χ3n) is 2.07. The van der Waals surface area contributed by atoms with Crippen LogP contribution in [0.5, 0.6) is 0 Å². The number of nitrogens with zero attached hydrogens (tertiary/aromatic N) is 3. The maximum atomic E-state index is 11.9. The standard InChI is InChI=1S/C11H16N4OS/c1-8(15-17(16)11(2,3)4)10-7-13-9(5-12)6-14-10/h6-8,15H,1-4H3/t8-,17+/m0/s1. The van der Waals surface area contributed by atoms with E-state index in [4.69, 9.17) is 5.26 Å². The van der Waals surface area contributed by atoms with Crippen molar-refractivity contribution in [3.8, 4) is 6.07 Å². The van der Waals surface area contributed by atoms with E-state index in [2.05, 4.69) is 14.7 Å².